The predicted octanol–water partition coefficient (Wildman–Crippen LogP) is 2.87. The molecule has 1 heterocycles. The van der Waals surface area contributed by atoms with E-state index >= 15 is 0 Å². The smallest absolute Gasteiger partial charge is 0.193 e. The predicted molar refractivity (Wildman–Crippen MR) is 93.1 cm³/mol. The molecule has 0 bridgehead atoms. The third kappa shape index (κ3) is 4.37. The van der Waals surface area contributed by atoms with Crippen LogP contribution in [0.2, 0.25) is 0 Å². The van der Waals surface area contributed by atoms with E-state index in [9.17, 15) is 5.11 Å². The van der Waals surface area contributed by atoms with Crippen molar-refractivity contribution < 1.29 is 5.11 Å². The Morgan fingerprint density at radius 2 is 2.00 bits per heavy atom. The highest BCUT2D eigenvalue weighted by Crippen LogP contribution is 2.29. The molecule has 2 N–H and O–H groups in total. The van der Waals surface area contributed by atoms with Crippen molar-refractivity contribution in [3.8, 4) is 0 Å². The van der Waals surface area contributed by atoms with E-state index in [0.717, 1.165) is 63.2 Å². The van der Waals surface area contributed by atoms with E-state index in [1.807, 2.05) is 0 Å². The second-order valence-electron chi connectivity index (χ2n) is 7.02. The Morgan fingerprint density at radius 1 is 1.23 bits per heavy atom. The zero-order chi connectivity index (χ0) is 15.9. The second kappa shape index (κ2) is 8.76. The quantitative estimate of drug-likeness (QED) is 0.586. The minimum atomic E-state index is -0.137. The number of aliphatic imine (C=N–C) groups is 1. The molecule has 2 rings (SSSR count). The van der Waals surface area contributed by atoms with Crippen molar-refractivity contribution >= 4 is 5.96 Å². The first-order valence-corrected chi connectivity index (χ1v) is 9.40. The molecule has 3 atom stereocenters. The Bertz CT molecular complexity index is 354. The number of hydrogen-bond donors (Lipinski definition) is 2. The molecular weight excluding hydrogens is 274 g/mol. The topological polar surface area (TPSA) is 47.9 Å². The van der Waals surface area contributed by atoms with Crippen LogP contribution >= 0.6 is 0 Å². The number of likely N-dealkylation sites (tertiary alicyclic amines) is 1. The third-order valence-electron chi connectivity index (χ3n) is 5.67. The molecule has 1 saturated heterocycles. The summed E-state index contributed by atoms with van der Waals surface area (Å²) < 4.78 is 0. The van der Waals surface area contributed by atoms with Gasteiger partial charge in [-0.25, -0.2) is 0 Å². The van der Waals surface area contributed by atoms with Gasteiger partial charge in [-0.2, -0.15) is 0 Å². The van der Waals surface area contributed by atoms with Crippen LogP contribution in [0.1, 0.15) is 59.3 Å². The lowest BCUT2D eigenvalue weighted by Crippen LogP contribution is -2.41. The maximum atomic E-state index is 9.97. The van der Waals surface area contributed by atoms with Crippen molar-refractivity contribution in [2.45, 2.75) is 65.4 Å². The molecule has 0 aromatic heterocycles. The van der Waals surface area contributed by atoms with Crippen LogP contribution in [0.4, 0.5) is 0 Å². The van der Waals surface area contributed by atoms with Gasteiger partial charge in [-0.3, -0.25) is 4.99 Å². The summed E-state index contributed by atoms with van der Waals surface area (Å²) in [4.78, 5) is 7.28. The fourth-order valence-corrected chi connectivity index (χ4v) is 4.18. The van der Waals surface area contributed by atoms with Crippen LogP contribution in [0.25, 0.3) is 0 Å². The minimum Gasteiger partial charge on any atom is -0.393 e. The molecule has 4 nitrogen and oxygen atoms in total. The molecule has 22 heavy (non-hydrogen) atoms. The minimum absolute atomic E-state index is 0.137. The molecule has 1 saturated carbocycles. The van der Waals surface area contributed by atoms with E-state index in [1.54, 1.807) is 0 Å². The highest BCUT2D eigenvalue weighted by Gasteiger charge is 2.30. The zero-order valence-electron chi connectivity index (χ0n) is 14.7. The fraction of sp³-hybridized carbons (Fsp3) is 0.944. The number of nitrogens with one attached hydrogen (secondary N) is 1. The average Bonchev–Trinajstić information content (AvgIpc) is 3.15. The molecule has 2 aliphatic rings. The van der Waals surface area contributed by atoms with Gasteiger partial charge < -0.3 is 15.3 Å². The van der Waals surface area contributed by atoms with Crippen LogP contribution < -0.4 is 5.32 Å². The van der Waals surface area contributed by atoms with Crippen molar-refractivity contribution in [3.05, 3.63) is 0 Å². The van der Waals surface area contributed by atoms with Crippen LogP contribution in [0.5, 0.6) is 0 Å². The molecule has 4 heteroatoms. The number of guanidine groups is 1. The molecule has 128 valence electrons. The summed E-state index contributed by atoms with van der Waals surface area (Å²) >= 11 is 0. The normalized spacial score (nSPS) is 29.6. The van der Waals surface area contributed by atoms with E-state index in [-0.39, 0.29) is 6.10 Å². The summed E-state index contributed by atoms with van der Waals surface area (Å²) in [5.41, 5.74) is 0. The van der Waals surface area contributed by atoms with Gasteiger partial charge in [-0.05, 0) is 38.0 Å². The van der Waals surface area contributed by atoms with E-state index in [1.165, 1.54) is 19.3 Å². The standard InChI is InChI=1S/C18H35N3O/c1-4-14(5-2)16-10-11-21(13-16)18(19-6-3)20-12-15-8-7-9-17(15)22/h14-17,22H,4-13H2,1-3H3,(H,19,20). The van der Waals surface area contributed by atoms with Crippen LogP contribution in [-0.2, 0) is 0 Å². The van der Waals surface area contributed by atoms with Gasteiger partial charge in [-0.1, -0.05) is 33.1 Å². The summed E-state index contributed by atoms with van der Waals surface area (Å²) in [5, 5.41) is 13.4. The number of aliphatic hydroxyl groups excluding tert-OH is 1. The largest absolute Gasteiger partial charge is 0.393 e. The van der Waals surface area contributed by atoms with E-state index in [4.69, 9.17) is 4.99 Å². The van der Waals surface area contributed by atoms with Crippen molar-refractivity contribution in [1.29, 1.82) is 0 Å². The van der Waals surface area contributed by atoms with Crippen LogP contribution in [-0.4, -0.2) is 48.2 Å². The number of aliphatic hydroxyl groups is 1. The lowest BCUT2D eigenvalue weighted by atomic mass is 9.87. The van der Waals surface area contributed by atoms with Gasteiger partial charge in [0.05, 0.1) is 6.10 Å². The second-order valence-corrected chi connectivity index (χ2v) is 7.02. The van der Waals surface area contributed by atoms with Crippen molar-refractivity contribution in [1.82, 2.24) is 10.2 Å². The summed E-state index contributed by atoms with van der Waals surface area (Å²) in [6.07, 6.45) is 6.97. The molecule has 0 amide bonds. The Balaban J connectivity index is 1.93. The average molecular weight is 309 g/mol. The van der Waals surface area contributed by atoms with Crippen molar-refractivity contribution in [2.75, 3.05) is 26.2 Å². The van der Waals surface area contributed by atoms with Crippen LogP contribution in [0.3, 0.4) is 0 Å². The zero-order valence-corrected chi connectivity index (χ0v) is 14.7. The molecule has 0 aromatic rings. The fourth-order valence-electron chi connectivity index (χ4n) is 4.18. The van der Waals surface area contributed by atoms with E-state index in [2.05, 4.69) is 31.0 Å². The van der Waals surface area contributed by atoms with Gasteiger partial charge in [0, 0.05) is 32.1 Å². The molecule has 1 aliphatic carbocycles. The van der Waals surface area contributed by atoms with Gasteiger partial charge >= 0.3 is 0 Å². The van der Waals surface area contributed by atoms with Crippen LogP contribution in [0, 0.1) is 17.8 Å². The lowest BCUT2D eigenvalue weighted by Gasteiger charge is -2.24. The highest BCUT2D eigenvalue weighted by atomic mass is 16.3. The molecule has 2 fully saturated rings. The summed E-state index contributed by atoms with van der Waals surface area (Å²) in [6, 6.07) is 0. The van der Waals surface area contributed by atoms with Gasteiger partial charge in [0.2, 0.25) is 0 Å². The van der Waals surface area contributed by atoms with Gasteiger partial charge in [-0.15, -0.1) is 0 Å². The number of rotatable bonds is 6. The molecule has 1 aliphatic heterocycles. The Hall–Kier alpha value is -0.770. The number of hydrogen-bond acceptors (Lipinski definition) is 2. The van der Waals surface area contributed by atoms with Gasteiger partial charge in [0.25, 0.3) is 0 Å². The Kier molecular flexibility index (Phi) is 7.00. The molecule has 0 aromatic carbocycles. The maximum Gasteiger partial charge on any atom is 0.193 e. The lowest BCUT2D eigenvalue weighted by molar-refractivity contribution is 0.136. The van der Waals surface area contributed by atoms with Crippen molar-refractivity contribution in [3.63, 3.8) is 0 Å². The Labute approximate surface area is 136 Å². The SMILES string of the molecule is CCNC(=NCC1CCCC1O)N1CCC(C(CC)CC)C1. The highest BCUT2D eigenvalue weighted by molar-refractivity contribution is 5.80. The summed E-state index contributed by atoms with van der Waals surface area (Å²) in [5.74, 6) is 3.10. The number of nitrogens with zero attached hydrogens (tertiary/aromatic N) is 2. The van der Waals surface area contributed by atoms with E-state index in [0.29, 0.717) is 5.92 Å². The van der Waals surface area contributed by atoms with Crippen LogP contribution in [0.15, 0.2) is 4.99 Å². The third-order valence-corrected chi connectivity index (χ3v) is 5.67. The molecule has 0 radical (unpaired) electrons. The monoisotopic (exact) mass is 309 g/mol. The van der Waals surface area contributed by atoms with E-state index < -0.39 is 0 Å². The van der Waals surface area contributed by atoms with Crippen molar-refractivity contribution in [2.24, 2.45) is 22.7 Å². The first kappa shape index (κ1) is 17.6. The molecule has 0 spiro atoms. The maximum absolute atomic E-state index is 9.97. The van der Waals surface area contributed by atoms with Gasteiger partial charge in [0.1, 0.15) is 0 Å². The summed E-state index contributed by atoms with van der Waals surface area (Å²) in [6.45, 7) is 10.7. The Morgan fingerprint density at radius 3 is 2.59 bits per heavy atom. The van der Waals surface area contributed by atoms with Gasteiger partial charge in [0.15, 0.2) is 5.96 Å². The first-order chi connectivity index (χ1) is 10.7. The summed E-state index contributed by atoms with van der Waals surface area (Å²) in [7, 11) is 0. The molecular formula is C18H35N3O. The first-order valence-electron chi connectivity index (χ1n) is 9.40. The molecule has 3 unspecified atom stereocenters.